The smallest absolute Gasteiger partial charge is 0.252 e. The minimum atomic E-state index is -0.271. The summed E-state index contributed by atoms with van der Waals surface area (Å²) in [6.07, 6.45) is 6.91. The van der Waals surface area contributed by atoms with Gasteiger partial charge in [-0.15, -0.1) is 0 Å². The van der Waals surface area contributed by atoms with E-state index in [2.05, 4.69) is 272 Å². The van der Waals surface area contributed by atoms with Crippen LogP contribution >= 0.6 is 0 Å². The van der Waals surface area contributed by atoms with Gasteiger partial charge in [0.2, 0.25) is 0 Å². The van der Waals surface area contributed by atoms with Crippen molar-refractivity contribution in [3.05, 3.63) is 184 Å². The molecule has 0 N–H and O–H groups in total. The molecule has 396 valence electrons. The third-order valence-corrected chi connectivity index (χ3v) is 19.8. The minimum Gasteiger partial charge on any atom is -0.334 e. The van der Waals surface area contributed by atoms with Gasteiger partial charge in [-0.2, -0.15) is 0 Å². The van der Waals surface area contributed by atoms with Gasteiger partial charge in [0.05, 0.1) is 5.54 Å². The van der Waals surface area contributed by atoms with E-state index in [0.717, 1.165) is 19.3 Å². The lowest BCUT2D eigenvalue weighted by molar-refractivity contribution is 0.215. The van der Waals surface area contributed by atoms with Crippen molar-refractivity contribution in [2.45, 2.75) is 200 Å². The summed E-state index contributed by atoms with van der Waals surface area (Å²) in [6, 6.07) is 56.6. The summed E-state index contributed by atoms with van der Waals surface area (Å²) in [5.41, 5.74) is 25.1. The summed E-state index contributed by atoms with van der Waals surface area (Å²) in [5.74, 6) is 0. The molecule has 4 heteroatoms. The van der Waals surface area contributed by atoms with E-state index in [1.54, 1.807) is 0 Å². The summed E-state index contributed by atoms with van der Waals surface area (Å²) in [7, 11) is 0. The molecule has 3 heterocycles. The first-order chi connectivity index (χ1) is 36.0. The van der Waals surface area contributed by atoms with E-state index in [1.807, 2.05) is 0 Å². The van der Waals surface area contributed by atoms with Gasteiger partial charge in [0.25, 0.3) is 6.71 Å². The molecule has 0 spiro atoms. The van der Waals surface area contributed by atoms with E-state index in [0.29, 0.717) is 0 Å². The van der Waals surface area contributed by atoms with Crippen molar-refractivity contribution in [3.8, 4) is 0 Å². The zero-order chi connectivity index (χ0) is 54.8. The first-order valence-corrected chi connectivity index (χ1v) is 29.4. The first kappa shape index (κ1) is 51.7. The standard InChI is InChI=1S/C73H86BN3/c1-66(2,3)48-27-23-29-52(39-48)75-61-42-51(69(10,11)12)31-33-58(61)74-59-45-55-56(71(15,16)38-37-70(55,13)14)46-62(59)76(53-30-24-28-49(40-53)67(4,5)6)64-44-54(43-63(75)65(64)74)77-60-34-32-50(68(7,8)9)41-57(60)73(47-25-19-18-20-26-47)36-22-21-35-72(73,77)17/h18-20,23-34,39-46H,21-22,35-38H2,1-17H3. The Balaban J connectivity index is 1.25. The highest BCUT2D eigenvalue weighted by Gasteiger charge is 2.62. The van der Waals surface area contributed by atoms with Crippen LogP contribution in [0.5, 0.6) is 0 Å². The van der Waals surface area contributed by atoms with Gasteiger partial charge in [0.1, 0.15) is 0 Å². The summed E-state index contributed by atoms with van der Waals surface area (Å²) in [5, 5.41) is 0. The summed E-state index contributed by atoms with van der Waals surface area (Å²) < 4.78 is 0. The van der Waals surface area contributed by atoms with Gasteiger partial charge in [0, 0.05) is 50.9 Å². The third kappa shape index (κ3) is 7.86. The average Bonchev–Trinajstić information content (AvgIpc) is 3.90. The number of benzene rings is 7. The van der Waals surface area contributed by atoms with E-state index in [-0.39, 0.29) is 50.2 Å². The normalized spacial score (nSPS) is 21.2. The Bertz CT molecular complexity index is 3500. The van der Waals surface area contributed by atoms with E-state index >= 15 is 0 Å². The van der Waals surface area contributed by atoms with Crippen molar-refractivity contribution < 1.29 is 0 Å². The maximum absolute atomic E-state index is 2.87. The van der Waals surface area contributed by atoms with Crippen LogP contribution in [0.4, 0.5) is 45.5 Å². The number of hydrogen-bond donors (Lipinski definition) is 0. The largest absolute Gasteiger partial charge is 0.334 e. The van der Waals surface area contributed by atoms with Crippen molar-refractivity contribution in [2.75, 3.05) is 14.7 Å². The monoisotopic (exact) mass is 1020 g/mol. The molecule has 5 aliphatic rings. The van der Waals surface area contributed by atoms with Crippen LogP contribution in [0, 0.1) is 0 Å². The van der Waals surface area contributed by atoms with E-state index in [9.17, 15) is 0 Å². The zero-order valence-corrected chi connectivity index (χ0v) is 49.9. The number of anilines is 8. The molecule has 2 unspecified atom stereocenters. The van der Waals surface area contributed by atoms with Gasteiger partial charge < -0.3 is 14.7 Å². The molecule has 3 aliphatic heterocycles. The summed E-state index contributed by atoms with van der Waals surface area (Å²) in [6.45, 7) is 41.1. The second-order valence-corrected chi connectivity index (χ2v) is 29.9. The van der Waals surface area contributed by atoms with Crippen molar-refractivity contribution >= 4 is 68.6 Å². The molecular formula is C73H86BN3. The SMILES string of the molecule is CC(C)(C)c1cccc(N2c3cc(C(C)(C)C)ccc3B3c4cc5c(cc4N(c4cccc(C(C)(C)C)c4)c4cc(N6c7ccc(C(C)(C)C)cc7C7(c8ccccc8)CCCCC67C)cc2c43)C(C)(C)CCC5(C)C)c1. The predicted octanol–water partition coefficient (Wildman–Crippen LogP) is 18.1. The molecule has 2 atom stereocenters. The fourth-order valence-corrected chi connectivity index (χ4v) is 15.0. The Morgan fingerprint density at radius 1 is 0.377 bits per heavy atom. The minimum absolute atomic E-state index is 0.00260. The molecule has 77 heavy (non-hydrogen) atoms. The van der Waals surface area contributed by atoms with Crippen LogP contribution in [0.1, 0.15) is 201 Å². The first-order valence-electron chi connectivity index (χ1n) is 29.4. The average molecular weight is 1020 g/mol. The van der Waals surface area contributed by atoms with E-state index in [4.69, 9.17) is 0 Å². The second kappa shape index (κ2) is 17.0. The maximum Gasteiger partial charge on any atom is 0.252 e. The van der Waals surface area contributed by atoms with Crippen molar-refractivity contribution in [1.82, 2.24) is 0 Å². The van der Waals surface area contributed by atoms with Gasteiger partial charge in [-0.05, 0) is 181 Å². The van der Waals surface area contributed by atoms with Crippen LogP contribution in [0.25, 0.3) is 0 Å². The highest BCUT2D eigenvalue weighted by molar-refractivity contribution is 7.00. The van der Waals surface area contributed by atoms with Crippen LogP contribution in [-0.4, -0.2) is 12.3 Å². The van der Waals surface area contributed by atoms with Crippen molar-refractivity contribution in [2.24, 2.45) is 0 Å². The van der Waals surface area contributed by atoms with Gasteiger partial charge in [-0.3, -0.25) is 0 Å². The molecule has 7 aromatic carbocycles. The topological polar surface area (TPSA) is 9.72 Å². The highest BCUT2D eigenvalue weighted by atomic mass is 15.3. The number of hydrogen-bond acceptors (Lipinski definition) is 3. The van der Waals surface area contributed by atoms with E-state index in [1.165, 1.54) is 126 Å². The van der Waals surface area contributed by atoms with Crippen molar-refractivity contribution in [1.29, 1.82) is 0 Å². The van der Waals surface area contributed by atoms with Crippen LogP contribution in [0.15, 0.2) is 140 Å². The molecule has 0 radical (unpaired) electrons. The lowest BCUT2D eigenvalue weighted by Gasteiger charge is -2.53. The molecule has 0 saturated heterocycles. The summed E-state index contributed by atoms with van der Waals surface area (Å²) >= 11 is 0. The molecule has 0 amide bonds. The highest BCUT2D eigenvalue weighted by Crippen LogP contribution is 2.65. The van der Waals surface area contributed by atoms with Gasteiger partial charge >= 0.3 is 0 Å². The molecule has 0 bridgehead atoms. The molecule has 1 saturated carbocycles. The van der Waals surface area contributed by atoms with Gasteiger partial charge in [0.15, 0.2) is 0 Å². The van der Waals surface area contributed by atoms with Crippen LogP contribution in [-0.2, 0) is 37.9 Å². The number of rotatable bonds is 4. The molecule has 12 rings (SSSR count). The lowest BCUT2D eigenvalue weighted by atomic mass is 9.33. The van der Waals surface area contributed by atoms with Gasteiger partial charge in [-0.25, -0.2) is 0 Å². The Morgan fingerprint density at radius 2 is 0.870 bits per heavy atom. The number of fused-ring (bicyclic) bond motifs is 8. The van der Waals surface area contributed by atoms with Gasteiger partial charge in [-0.1, -0.05) is 209 Å². The second-order valence-electron chi connectivity index (χ2n) is 29.9. The fourth-order valence-electron chi connectivity index (χ4n) is 15.0. The molecule has 2 aliphatic carbocycles. The maximum atomic E-state index is 2.87. The van der Waals surface area contributed by atoms with Crippen LogP contribution in [0.3, 0.4) is 0 Å². The summed E-state index contributed by atoms with van der Waals surface area (Å²) in [4.78, 5) is 8.30. The Kier molecular flexibility index (Phi) is 11.4. The Labute approximate surface area is 464 Å². The quantitative estimate of drug-likeness (QED) is 0.163. The third-order valence-electron chi connectivity index (χ3n) is 19.8. The fraction of sp³-hybridized carbons (Fsp3) is 0.425. The lowest BCUT2D eigenvalue weighted by Crippen LogP contribution is -2.62. The molecular weight excluding hydrogens is 930 g/mol. The Morgan fingerprint density at radius 3 is 1.43 bits per heavy atom. The molecule has 3 nitrogen and oxygen atoms in total. The molecule has 7 aromatic rings. The Hall–Kier alpha value is -6.00. The van der Waals surface area contributed by atoms with Crippen LogP contribution < -0.4 is 31.1 Å². The zero-order valence-electron chi connectivity index (χ0n) is 49.9. The predicted molar refractivity (Wildman–Crippen MR) is 333 cm³/mol. The number of nitrogens with zero attached hydrogens (tertiary/aromatic N) is 3. The van der Waals surface area contributed by atoms with Crippen LogP contribution in [0.2, 0.25) is 0 Å². The van der Waals surface area contributed by atoms with Crippen molar-refractivity contribution in [3.63, 3.8) is 0 Å². The van der Waals surface area contributed by atoms with E-state index < -0.39 is 0 Å². The molecule has 0 aromatic heterocycles. The molecule has 1 fully saturated rings.